The second-order valence-electron chi connectivity index (χ2n) is 3.52. The first-order valence-corrected chi connectivity index (χ1v) is 4.36. The fraction of sp³-hybridized carbons (Fsp3) is 0.889. The highest BCUT2D eigenvalue weighted by molar-refractivity contribution is 5.78. The van der Waals surface area contributed by atoms with Gasteiger partial charge in [-0.1, -0.05) is 20.8 Å². The maximum absolute atomic E-state index is 11.5. The Bertz CT molecular complexity index is 145. The fourth-order valence-corrected chi connectivity index (χ4v) is 0.893. The highest BCUT2D eigenvalue weighted by Crippen LogP contribution is 2.11. The van der Waals surface area contributed by atoms with Gasteiger partial charge in [-0.2, -0.15) is 0 Å². The Labute approximate surface area is 74.4 Å². The Morgan fingerprint density at radius 2 is 1.92 bits per heavy atom. The number of hydrogen-bond acceptors (Lipinski definition) is 2. The van der Waals surface area contributed by atoms with Crippen molar-refractivity contribution in [2.75, 3.05) is 20.2 Å². The highest BCUT2D eigenvalue weighted by atomic mass is 16.3. The molecule has 0 aromatic carbocycles. The van der Waals surface area contributed by atoms with E-state index in [9.17, 15) is 4.79 Å². The quantitative estimate of drug-likeness (QED) is 0.681. The van der Waals surface area contributed by atoms with Gasteiger partial charge < -0.3 is 10.0 Å². The molecule has 1 amide bonds. The van der Waals surface area contributed by atoms with Crippen LogP contribution in [0.15, 0.2) is 0 Å². The number of hydrogen-bond donors (Lipinski definition) is 1. The van der Waals surface area contributed by atoms with Gasteiger partial charge in [-0.05, 0) is 5.92 Å². The largest absolute Gasteiger partial charge is 0.395 e. The lowest BCUT2D eigenvalue weighted by atomic mass is 9.97. The molecule has 3 nitrogen and oxygen atoms in total. The predicted molar refractivity (Wildman–Crippen MR) is 48.7 cm³/mol. The Morgan fingerprint density at radius 1 is 1.42 bits per heavy atom. The summed E-state index contributed by atoms with van der Waals surface area (Å²) in [7, 11) is 1.72. The van der Waals surface area contributed by atoms with Gasteiger partial charge in [-0.15, -0.1) is 0 Å². The molecule has 0 saturated carbocycles. The molecular formula is C9H19NO2. The molecule has 0 aromatic heterocycles. The second kappa shape index (κ2) is 5.14. The van der Waals surface area contributed by atoms with Crippen molar-refractivity contribution in [3.63, 3.8) is 0 Å². The molecule has 1 unspecified atom stereocenters. The van der Waals surface area contributed by atoms with E-state index in [1.165, 1.54) is 0 Å². The van der Waals surface area contributed by atoms with Gasteiger partial charge in [0.05, 0.1) is 6.61 Å². The van der Waals surface area contributed by atoms with Crippen LogP contribution in [0.4, 0.5) is 0 Å². The van der Waals surface area contributed by atoms with Gasteiger partial charge in [-0.25, -0.2) is 0 Å². The summed E-state index contributed by atoms with van der Waals surface area (Å²) in [6.45, 7) is 6.43. The molecule has 0 saturated heterocycles. The van der Waals surface area contributed by atoms with Crippen LogP contribution in [0, 0.1) is 11.8 Å². The van der Waals surface area contributed by atoms with Crippen molar-refractivity contribution in [3.8, 4) is 0 Å². The molecule has 0 aliphatic rings. The Balaban J connectivity index is 4.00. The molecule has 0 heterocycles. The molecule has 0 rings (SSSR count). The minimum atomic E-state index is 0.0348. The molecule has 3 heteroatoms. The summed E-state index contributed by atoms with van der Waals surface area (Å²) in [5, 5.41) is 8.61. The molecule has 0 bridgehead atoms. The van der Waals surface area contributed by atoms with Gasteiger partial charge in [0.25, 0.3) is 0 Å². The number of rotatable bonds is 4. The summed E-state index contributed by atoms with van der Waals surface area (Å²) in [6.07, 6.45) is 0. The van der Waals surface area contributed by atoms with E-state index in [4.69, 9.17) is 5.11 Å². The van der Waals surface area contributed by atoms with Gasteiger partial charge in [-0.3, -0.25) is 4.79 Å². The Morgan fingerprint density at radius 3 is 2.25 bits per heavy atom. The van der Waals surface area contributed by atoms with Gasteiger partial charge in [0, 0.05) is 19.5 Å². The molecule has 0 aromatic rings. The van der Waals surface area contributed by atoms with Crippen molar-refractivity contribution < 1.29 is 9.90 Å². The highest BCUT2D eigenvalue weighted by Gasteiger charge is 2.19. The molecular weight excluding hydrogens is 154 g/mol. The molecule has 1 atom stereocenters. The van der Waals surface area contributed by atoms with Crippen LogP contribution in [0.2, 0.25) is 0 Å². The third-order valence-electron chi connectivity index (χ3n) is 2.20. The Kier molecular flexibility index (Phi) is 4.90. The molecule has 0 spiro atoms. The summed E-state index contributed by atoms with van der Waals surface area (Å²) in [5.74, 6) is 0.513. The molecule has 12 heavy (non-hydrogen) atoms. The molecule has 72 valence electrons. The topological polar surface area (TPSA) is 40.5 Å². The van der Waals surface area contributed by atoms with E-state index in [-0.39, 0.29) is 18.4 Å². The minimum absolute atomic E-state index is 0.0348. The zero-order chi connectivity index (χ0) is 9.72. The van der Waals surface area contributed by atoms with Gasteiger partial charge in [0.1, 0.15) is 0 Å². The van der Waals surface area contributed by atoms with Gasteiger partial charge in [0.2, 0.25) is 5.91 Å². The van der Waals surface area contributed by atoms with E-state index in [1.807, 2.05) is 20.8 Å². The predicted octanol–water partition coefficient (Wildman–Crippen LogP) is 0.729. The first-order valence-electron chi connectivity index (χ1n) is 4.36. The van der Waals surface area contributed by atoms with Gasteiger partial charge in [0.15, 0.2) is 0 Å². The van der Waals surface area contributed by atoms with E-state index >= 15 is 0 Å². The van der Waals surface area contributed by atoms with E-state index in [0.717, 1.165) is 0 Å². The van der Waals surface area contributed by atoms with E-state index in [0.29, 0.717) is 12.5 Å². The van der Waals surface area contributed by atoms with Crippen molar-refractivity contribution >= 4 is 5.91 Å². The van der Waals surface area contributed by atoms with E-state index in [2.05, 4.69) is 0 Å². The average Bonchev–Trinajstić information content (AvgIpc) is 2.02. The van der Waals surface area contributed by atoms with Crippen LogP contribution in [0.25, 0.3) is 0 Å². The van der Waals surface area contributed by atoms with Crippen LogP contribution in [-0.2, 0) is 4.79 Å². The van der Waals surface area contributed by atoms with Crippen LogP contribution < -0.4 is 0 Å². The van der Waals surface area contributed by atoms with Crippen LogP contribution >= 0.6 is 0 Å². The number of nitrogens with zero attached hydrogens (tertiary/aromatic N) is 1. The van der Waals surface area contributed by atoms with Gasteiger partial charge >= 0.3 is 0 Å². The number of likely N-dealkylation sites (N-methyl/N-ethyl adjacent to an activating group) is 1. The van der Waals surface area contributed by atoms with E-state index < -0.39 is 0 Å². The lowest BCUT2D eigenvalue weighted by Crippen LogP contribution is -2.35. The first-order chi connectivity index (χ1) is 5.50. The fourth-order valence-electron chi connectivity index (χ4n) is 0.893. The SMILES string of the molecule is CC(C)C(C)C(=O)N(C)CCO. The summed E-state index contributed by atoms with van der Waals surface area (Å²) < 4.78 is 0. The summed E-state index contributed by atoms with van der Waals surface area (Å²) in [5.41, 5.74) is 0. The third-order valence-corrected chi connectivity index (χ3v) is 2.20. The van der Waals surface area contributed by atoms with Crippen molar-refractivity contribution in [1.29, 1.82) is 0 Å². The summed E-state index contributed by atoms with van der Waals surface area (Å²) in [4.78, 5) is 13.1. The summed E-state index contributed by atoms with van der Waals surface area (Å²) in [6, 6.07) is 0. The molecule has 0 radical (unpaired) electrons. The lowest BCUT2D eigenvalue weighted by Gasteiger charge is -2.22. The van der Waals surface area contributed by atoms with Crippen LogP contribution in [-0.4, -0.2) is 36.1 Å². The van der Waals surface area contributed by atoms with Crippen molar-refractivity contribution in [2.24, 2.45) is 11.8 Å². The summed E-state index contributed by atoms with van der Waals surface area (Å²) >= 11 is 0. The minimum Gasteiger partial charge on any atom is -0.395 e. The van der Waals surface area contributed by atoms with E-state index in [1.54, 1.807) is 11.9 Å². The number of amides is 1. The third kappa shape index (κ3) is 3.22. The lowest BCUT2D eigenvalue weighted by molar-refractivity contribution is -0.135. The average molecular weight is 173 g/mol. The number of carbonyl (C=O) groups excluding carboxylic acids is 1. The smallest absolute Gasteiger partial charge is 0.225 e. The zero-order valence-corrected chi connectivity index (χ0v) is 8.37. The van der Waals surface area contributed by atoms with Crippen molar-refractivity contribution in [1.82, 2.24) is 4.90 Å². The normalized spacial score (nSPS) is 13.2. The number of aliphatic hydroxyl groups is 1. The Hall–Kier alpha value is -0.570. The first kappa shape index (κ1) is 11.4. The standard InChI is InChI=1S/C9H19NO2/c1-7(2)8(3)9(12)10(4)5-6-11/h7-8,11H,5-6H2,1-4H3. The van der Waals surface area contributed by atoms with Crippen molar-refractivity contribution in [3.05, 3.63) is 0 Å². The molecule has 0 aliphatic heterocycles. The monoisotopic (exact) mass is 173 g/mol. The zero-order valence-electron chi connectivity index (χ0n) is 8.37. The number of aliphatic hydroxyl groups excluding tert-OH is 1. The molecule has 0 fully saturated rings. The van der Waals surface area contributed by atoms with Crippen LogP contribution in [0.1, 0.15) is 20.8 Å². The maximum atomic E-state index is 11.5. The molecule has 1 N–H and O–H groups in total. The number of carbonyl (C=O) groups is 1. The molecule has 0 aliphatic carbocycles. The van der Waals surface area contributed by atoms with Crippen LogP contribution in [0.3, 0.4) is 0 Å². The maximum Gasteiger partial charge on any atom is 0.225 e. The second-order valence-corrected chi connectivity index (χ2v) is 3.52. The van der Waals surface area contributed by atoms with Crippen molar-refractivity contribution in [2.45, 2.75) is 20.8 Å². The van der Waals surface area contributed by atoms with Crippen LogP contribution in [0.5, 0.6) is 0 Å².